The van der Waals surface area contributed by atoms with E-state index < -0.39 is 0 Å². The van der Waals surface area contributed by atoms with Gasteiger partial charge in [0.15, 0.2) is 5.17 Å². The van der Waals surface area contributed by atoms with E-state index >= 15 is 0 Å². The molecular weight excluding hydrogens is 321 g/mol. The topological polar surface area (TPSA) is 45.0 Å². The second-order valence-electron chi connectivity index (χ2n) is 4.54. The fraction of sp³-hybridized carbons (Fsp3) is 0.133. The van der Waals surface area contributed by atoms with Gasteiger partial charge < -0.3 is 0 Å². The molecular formula is C15H12FN3OS2. The highest BCUT2D eigenvalue weighted by Crippen LogP contribution is 2.22. The lowest BCUT2D eigenvalue weighted by Crippen LogP contribution is -2.28. The van der Waals surface area contributed by atoms with Gasteiger partial charge in [0.2, 0.25) is 5.91 Å². The van der Waals surface area contributed by atoms with Crippen molar-refractivity contribution in [3.05, 3.63) is 58.0 Å². The fourth-order valence-electron chi connectivity index (χ4n) is 1.90. The minimum Gasteiger partial charge on any atom is -0.285 e. The Hall–Kier alpha value is -1.99. The SMILES string of the molecule is O=C1CS/C(=N/N=C/c2cccs2)N1Cc1ccc(F)cc1. The Labute approximate surface area is 135 Å². The van der Waals surface area contributed by atoms with Crippen molar-refractivity contribution in [1.29, 1.82) is 0 Å². The van der Waals surface area contributed by atoms with Crippen LogP contribution < -0.4 is 0 Å². The van der Waals surface area contributed by atoms with Crippen LogP contribution in [0.5, 0.6) is 0 Å². The minimum absolute atomic E-state index is 0.0144. The Kier molecular flexibility index (Phi) is 4.65. The third-order valence-electron chi connectivity index (χ3n) is 2.98. The zero-order chi connectivity index (χ0) is 15.4. The van der Waals surface area contributed by atoms with E-state index in [0.29, 0.717) is 17.5 Å². The standard InChI is InChI=1S/C15H12FN3OS2/c16-12-5-3-11(4-6-12)9-19-14(20)10-22-15(19)18-17-8-13-2-1-7-21-13/h1-8H,9-10H2/b17-8+,18-15+. The van der Waals surface area contributed by atoms with Crippen LogP contribution in [-0.2, 0) is 11.3 Å². The smallest absolute Gasteiger partial charge is 0.239 e. The molecule has 7 heteroatoms. The maximum absolute atomic E-state index is 12.9. The molecule has 0 saturated carbocycles. The van der Waals surface area contributed by atoms with Gasteiger partial charge in [-0.3, -0.25) is 9.69 Å². The molecule has 0 aliphatic carbocycles. The van der Waals surface area contributed by atoms with Crippen molar-refractivity contribution < 1.29 is 9.18 Å². The number of carbonyl (C=O) groups is 1. The van der Waals surface area contributed by atoms with E-state index in [4.69, 9.17) is 0 Å². The summed E-state index contributed by atoms with van der Waals surface area (Å²) in [6, 6.07) is 9.98. The van der Waals surface area contributed by atoms with Gasteiger partial charge in [-0.15, -0.1) is 16.4 Å². The van der Waals surface area contributed by atoms with Crippen LogP contribution in [0.3, 0.4) is 0 Å². The first-order chi connectivity index (χ1) is 10.7. The highest BCUT2D eigenvalue weighted by molar-refractivity contribution is 8.15. The average Bonchev–Trinajstić information content (AvgIpc) is 3.14. The molecule has 0 radical (unpaired) electrons. The maximum atomic E-state index is 12.9. The molecule has 1 amide bonds. The Bertz CT molecular complexity index is 711. The average molecular weight is 333 g/mol. The van der Waals surface area contributed by atoms with Gasteiger partial charge in [0, 0.05) is 4.88 Å². The van der Waals surface area contributed by atoms with Crippen LogP contribution in [0.1, 0.15) is 10.4 Å². The van der Waals surface area contributed by atoms with Crippen molar-refractivity contribution in [2.45, 2.75) is 6.54 Å². The van der Waals surface area contributed by atoms with Gasteiger partial charge in [-0.1, -0.05) is 30.0 Å². The number of amidine groups is 1. The van der Waals surface area contributed by atoms with Gasteiger partial charge in [-0.25, -0.2) is 4.39 Å². The minimum atomic E-state index is -0.291. The third kappa shape index (κ3) is 3.61. The summed E-state index contributed by atoms with van der Waals surface area (Å²) < 4.78 is 12.9. The molecule has 0 spiro atoms. The molecule has 3 rings (SSSR count). The van der Waals surface area contributed by atoms with Crippen LogP contribution in [-0.4, -0.2) is 27.9 Å². The first kappa shape index (κ1) is 14.9. The van der Waals surface area contributed by atoms with Crippen LogP contribution in [0.15, 0.2) is 52.0 Å². The molecule has 4 nitrogen and oxygen atoms in total. The number of nitrogens with zero attached hydrogens (tertiary/aromatic N) is 3. The molecule has 22 heavy (non-hydrogen) atoms. The summed E-state index contributed by atoms with van der Waals surface area (Å²) in [5.74, 6) is 0.0499. The molecule has 0 atom stereocenters. The maximum Gasteiger partial charge on any atom is 0.239 e. The highest BCUT2D eigenvalue weighted by atomic mass is 32.2. The Morgan fingerprint density at radius 1 is 1.27 bits per heavy atom. The molecule has 1 aromatic carbocycles. The third-order valence-corrected chi connectivity index (χ3v) is 4.74. The van der Waals surface area contributed by atoms with E-state index in [0.717, 1.165) is 10.4 Å². The predicted molar refractivity (Wildman–Crippen MR) is 88.8 cm³/mol. The summed E-state index contributed by atoms with van der Waals surface area (Å²) in [5, 5.41) is 10.7. The quantitative estimate of drug-likeness (QED) is 0.636. The molecule has 1 aliphatic rings. The highest BCUT2D eigenvalue weighted by Gasteiger charge is 2.28. The summed E-state index contributed by atoms with van der Waals surface area (Å²) in [6.45, 7) is 0.374. The summed E-state index contributed by atoms with van der Waals surface area (Å²) >= 11 is 2.93. The van der Waals surface area contributed by atoms with E-state index in [1.807, 2.05) is 17.5 Å². The molecule has 112 valence electrons. The lowest BCUT2D eigenvalue weighted by molar-refractivity contribution is -0.124. The number of thioether (sulfide) groups is 1. The zero-order valence-corrected chi connectivity index (χ0v) is 13.1. The molecule has 2 aromatic rings. The van der Waals surface area contributed by atoms with E-state index in [2.05, 4.69) is 10.2 Å². The van der Waals surface area contributed by atoms with Crippen molar-refractivity contribution in [3.8, 4) is 0 Å². The number of halogens is 1. The molecule has 1 aliphatic heterocycles. The molecule has 1 fully saturated rings. The van der Waals surface area contributed by atoms with Crippen molar-refractivity contribution in [3.63, 3.8) is 0 Å². The molecule has 0 bridgehead atoms. The van der Waals surface area contributed by atoms with Crippen molar-refractivity contribution in [2.75, 3.05) is 5.75 Å². The summed E-state index contributed by atoms with van der Waals surface area (Å²) in [7, 11) is 0. The molecule has 1 saturated heterocycles. The first-order valence-electron chi connectivity index (χ1n) is 6.54. The van der Waals surface area contributed by atoms with Gasteiger partial charge in [-0.05, 0) is 29.1 Å². The van der Waals surface area contributed by atoms with Crippen molar-refractivity contribution in [1.82, 2.24) is 4.90 Å². The molecule has 1 aromatic heterocycles. The number of thiophene rings is 1. The second kappa shape index (κ2) is 6.85. The zero-order valence-electron chi connectivity index (χ0n) is 11.5. The van der Waals surface area contributed by atoms with Crippen LogP contribution in [0.4, 0.5) is 4.39 Å². The fourth-order valence-corrected chi connectivity index (χ4v) is 3.31. The molecule has 0 unspecified atom stereocenters. The van der Waals surface area contributed by atoms with E-state index in [1.54, 1.807) is 34.6 Å². The lowest BCUT2D eigenvalue weighted by Gasteiger charge is -2.14. The largest absolute Gasteiger partial charge is 0.285 e. The number of amides is 1. The van der Waals surface area contributed by atoms with Crippen LogP contribution in [0.25, 0.3) is 0 Å². The molecule has 0 N–H and O–H groups in total. The van der Waals surface area contributed by atoms with Gasteiger partial charge in [0.05, 0.1) is 18.5 Å². The lowest BCUT2D eigenvalue weighted by atomic mass is 10.2. The summed E-state index contributed by atoms with van der Waals surface area (Å²) in [4.78, 5) is 14.5. The number of hydrogen-bond acceptors (Lipinski definition) is 5. The monoisotopic (exact) mass is 333 g/mol. The first-order valence-corrected chi connectivity index (χ1v) is 8.41. The van der Waals surface area contributed by atoms with E-state index in [-0.39, 0.29) is 11.7 Å². The van der Waals surface area contributed by atoms with Gasteiger partial charge >= 0.3 is 0 Å². The van der Waals surface area contributed by atoms with Crippen LogP contribution >= 0.6 is 23.1 Å². The normalized spacial score (nSPS) is 17.0. The second-order valence-corrected chi connectivity index (χ2v) is 6.46. The number of benzene rings is 1. The van der Waals surface area contributed by atoms with Crippen LogP contribution in [0, 0.1) is 5.82 Å². The Morgan fingerprint density at radius 3 is 2.82 bits per heavy atom. The van der Waals surface area contributed by atoms with Gasteiger partial charge in [-0.2, -0.15) is 5.10 Å². The number of hydrogen-bond donors (Lipinski definition) is 0. The predicted octanol–water partition coefficient (Wildman–Crippen LogP) is 3.35. The Balaban J connectivity index is 1.73. The molecule has 2 heterocycles. The summed E-state index contributed by atoms with van der Waals surface area (Å²) in [5.41, 5.74) is 0.854. The van der Waals surface area contributed by atoms with Gasteiger partial charge in [0.25, 0.3) is 0 Å². The van der Waals surface area contributed by atoms with Crippen molar-refractivity contribution in [2.24, 2.45) is 10.2 Å². The number of carbonyl (C=O) groups excluding carboxylic acids is 1. The van der Waals surface area contributed by atoms with Crippen LogP contribution in [0.2, 0.25) is 0 Å². The van der Waals surface area contributed by atoms with Gasteiger partial charge in [0.1, 0.15) is 5.82 Å². The summed E-state index contributed by atoms with van der Waals surface area (Å²) in [6.07, 6.45) is 1.66. The van der Waals surface area contributed by atoms with E-state index in [1.165, 1.54) is 23.9 Å². The number of rotatable bonds is 4. The Morgan fingerprint density at radius 2 is 2.09 bits per heavy atom. The van der Waals surface area contributed by atoms with Crippen molar-refractivity contribution >= 4 is 40.4 Å². The van der Waals surface area contributed by atoms with E-state index in [9.17, 15) is 9.18 Å².